The maximum absolute atomic E-state index is 10.2. The summed E-state index contributed by atoms with van der Waals surface area (Å²) in [6, 6.07) is 8.71. The van der Waals surface area contributed by atoms with Gasteiger partial charge in [0.15, 0.2) is 0 Å². The molecular weight excluding hydrogens is 184 g/mol. The van der Waals surface area contributed by atoms with E-state index in [1.165, 1.54) is 11.1 Å². The molecule has 1 aromatic rings. The summed E-state index contributed by atoms with van der Waals surface area (Å²) < 4.78 is 0. The zero-order valence-electron chi connectivity index (χ0n) is 9.40. The number of benzene rings is 1. The van der Waals surface area contributed by atoms with Crippen molar-refractivity contribution in [2.45, 2.75) is 38.7 Å². The van der Waals surface area contributed by atoms with E-state index in [2.05, 4.69) is 38.1 Å². The van der Waals surface area contributed by atoms with E-state index in [0.717, 1.165) is 12.8 Å². The summed E-state index contributed by atoms with van der Waals surface area (Å²) in [6.07, 6.45) is 2.06. The van der Waals surface area contributed by atoms with Crippen molar-refractivity contribution in [2.75, 3.05) is 0 Å². The molecule has 80 valence electrons. The lowest BCUT2D eigenvalue weighted by Gasteiger charge is -2.55. The van der Waals surface area contributed by atoms with Crippen molar-refractivity contribution in [1.82, 2.24) is 0 Å². The molecular formula is C14H18O. The maximum Gasteiger partial charge on any atom is 0.0637 e. The predicted octanol–water partition coefficient (Wildman–Crippen LogP) is 2.73. The van der Waals surface area contributed by atoms with Gasteiger partial charge < -0.3 is 5.11 Å². The van der Waals surface area contributed by atoms with E-state index in [4.69, 9.17) is 0 Å². The molecule has 0 saturated heterocycles. The van der Waals surface area contributed by atoms with Crippen molar-refractivity contribution in [2.24, 2.45) is 11.3 Å². The minimum atomic E-state index is -0.0973. The van der Waals surface area contributed by atoms with Crippen LogP contribution in [-0.2, 0) is 6.42 Å². The number of fused-ring (bicyclic) bond motifs is 3. The lowest BCUT2D eigenvalue weighted by Crippen LogP contribution is -2.55. The summed E-state index contributed by atoms with van der Waals surface area (Å²) in [5, 5.41) is 10.2. The minimum absolute atomic E-state index is 0.0973. The molecule has 2 aliphatic carbocycles. The standard InChI is InChI=1S/C14H18O/c1-3-14(2)12-10-7-5-4-6-9(10)8-11(12)13(14)15/h4-7,11-13,15H,3,8H2,1-2H3. The summed E-state index contributed by atoms with van der Waals surface area (Å²) in [5.74, 6) is 1.10. The molecule has 1 N–H and O–H groups in total. The minimum Gasteiger partial charge on any atom is -0.392 e. The molecule has 1 saturated carbocycles. The number of hydrogen-bond acceptors (Lipinski definition) is 1. The van der Waals surface area contributed by atoms with Crippen molar-refractivity contribution in [3.63, 3.8) is 0 Å². The number of hydrogen-bond donors (Lipinski definition) is 1. The van der Waals surface area contributed by atoms with Crippen LogP contribution in [0.25, 0.3) is 0 Å². The van der Waals surface area contributed by atoms with E-state index < -0.39 is 0 Å². The number of aliphatic hydroxyl groups excluding tert-OH is 1. The van der Waals surface area contributed by atoms with Crippen LogP contribution >= 0.6 is 0 Å². The van der Waals surface area contributed by atoms with Crippen LogP contribution in [0.15, 0.2) is 24.3 Å². The topological polar surface area (TPSA) is 20.2 Å². The first-order valence-electron chi connectivity index (χ1n) is 5.94. The molecule has 4 atom stereocenters. The van der Waals surface area contributed by atoms with Crippen LogP contribution in [0.4, 0.5) is 0 Å². The summed E-state index contributed by atoms with van der Waals surface area (Å²) >= 11 is 0. The van der Waals surface area contributed by atoms with Crippen molar-refractivity contribution in [3.8, 4) is 0 Å². The van der Waals surface area contributed by atoms with Crippen LogP contribution in [0.1, 0.15) is 37.3 Å². The quantitative estimate of drug-likeness (QED) is 0.742. The molecule has 0 heterocycles. The zero-order chi connectivity index (χ0) is 10.6. The first-order valence-corrected chi connectivity index (χ1v) is 5.94. The molecule has 0 spiro atoms. The maximum atomic E-state index is 10.2. The fraction of sp³-hybridized carbons (Fsp3) is 0.571. The summed E-state index contributed by atoms with van der Waals surface area (Å²) in [7, 11) is 0. The van der Waals surface area contributed by atoms with E-state index in [1.807, 2.05) is 0 Å². The largest absolute Gasteiger partial charge is 0.392 e. The molecule has 0 radical (unpaired) electrons. The first kappa shape index (κ1) is 9.41. The average Bonchev–Trinajstić information content (AvgIpc) is 2.64. The number of rotatable bonds is 1. The number of aliphatic hydroxyl groups is 1. The third-order valence-corrected chi connectivity index (χ3v) is 4.83. The van der Waals surface area contributed by atoms with E-state index in [0.29, 0.717) is 11.8 Å². The van der Waals surface area contributed by atoms with E-state index >= 15 is 0 Å². The Morgan fingerprint density at radius 2 is 2.13 bits per heavy atom. The Kier molecular flexibility index (Phi) is 1.79. The van der Waals surface area contributed by atoms with Gasteiger partial charge in [0, 0.05) is 5.41 Å². The Morgan fingerprint density at radius 3 is 2.87 bits per heavy atom. The van der Waals surface area contributed by atoms with Crippen LogP contribution in [0, 0.1) is 11.3 Å². The smallest absolute Gasteiger partial charge is 0.0637 e. The summed E-state index contributed by atoms with van der Waals surface area (Å²) in [4.78, 5) is 0. The van der Waals surface area contributed by atoms with Gasteiger partial charge in [-0.1, -0.05) is 38.1 Å². The molecule has 0 aromatic heterocycles. The second kappa shape index (κ2) is 2.85. The van der Waals surface area contributed by atoms with Crippen LogP contribution < -0.4 is 0 Å². The molecule has 0 amide bonds. The summed E-state index contributed by atoms with van der Waals surface area (Å²) in [6.45, 7) is 4.43. The van der Waals surface area contributed by atoms with Crippen LogP contribution in [0.3, 0.4) is 0 Å². The third-order valence-electron chi connectivity index (χ3n) is 4.83. The Bertz CT molecular complexity index is 398. The molecule has 1 nitrogen and oxygen atoms in total. The highest BCUT2D eigenvalue weighted by Gasteiger charge is 2.60. The Morgan fingerprint density at radius 1 is 1.40 bits per heavy atom. The SMILES string of the molecule is CCC1(C)C(O)C2Cc3ccccc3C21. The molecule has 4 unspecified atom stereocenters. The predicted molar refractivity (Wildman–Crippen MR) is 60.8 cm³/mol. The van der Waals surface area contributed by atoms with E-state index in [-0.39, 0.29) is 11.5 Å². The van der Waals surface area contributed by atoms with Crippen molar-refractivity contribution < 1.29 is 5.11 Å². The molecule has 0 bridgehead atoms. The lowest BCUT2D eigenvalue weighted by atomic mass is 9.51. The van der Waals surface area contributed by atoms with Crippen molar-refractivity contribution >= 4 is 0 Å². The fourth-order valence-electron chi connectivity index (χ4n) is 3.75. The van der Waals surface area contributed by atoms with Gasteiger partial charge in [-0.25, -0.2) is 0 Å². The highest BCUT2D eigenvalue weighted by atomic mass is 16.3. The monoisotopic (exact) mass is 202 g/mol. The fourth-order valence-corrected chi connectivity index (χ4v) is 3.75. The van der Waals surface area contributed by atoms with E-state index in [9.17, 15) is 5.11 Å². The molecule has 2 aliphatic rings. The van der Waals surface area contributed by atoms with Gasteiger partial charge in [-0.15, -0.1) is 0 Å². The Labute approximate surface area is 91.1 Å². The van der Waals surface area contributed by atoms with Crippen LogP contribution in [0.5, 0.6) is 0 Å². The van der Waals surface area contributed by atoms with Gasteiger partial charge in [-0.2, -0.15) is 0 Å². The first-order chi connectivity index (χ1) is 7.18. The molecule has 0 aliphatic heterocycles. The van der Waals surface area contributed by atoms with Crippen LogP contribution in [-0.4, -0.2) is 11.2 Å². The van der Waals surface area contributed by atoms with E-state index in [1.54, 1.807) is 0 Å². The molecule has 3 rings (SSSR count). The molecule has 1 aromatic carbocycles. The van der Waals surface area contributed by atoms with Gasteiger partial charge in [-0.3, -0.25) is 0 Å². The van der Waals surface area contributed by atoms with Gasteiger partial charge in [0.05, 0.1) is 6.10 Å². The van der Waals surface area contributed by atoms with Gasteiger partial charge >= 0.3 is 0 Å². The van der Waals surface area contributed by atoms with Gasteiger partial charge in [-0.05, 0) is 35.8 Å². The zero-order valence-corrected chi connectivity index (χ0v) is 9.40. The third kappa shape index (κ3) is 0.971. The summed E-state index contributed by atoms with van der Waals surface area (Å²) in [5.41, 5.74) is 3.08. The van der Waals surface area contributed by atoms with Crippen molar-refractivity contribution in [3.05, 3.63) is 35.4 Å². The second-order valence-corrected chi connectivity index (χ2v) is 5.35. The van der Waals surface area contributed by atoms with Gasteiger partial charge in [0.25, 0.3) is 0 Å². The van der Waals surface area contributed by atoms with Gasteiger partial charge in [0.2, 0.25) is 0 Å². The average molecular weight is 202 g/mol. The Hall–Kier alpha value is -0.820. The molecule has 15 heavy (non-hydrogen) atoms. The van der Waals surface area contributed by atoms with Crippen molar-refractivity contribution in [1.29, 1.82) is 0 Å². The lowest BCUT2D eigenvalue weighted by molar-refractivity contribution is -0.128. The highest BCUT2D eigenvalue weighted by molar-refractivity contribution is 5.42. The van der Waals surface area contributed by atoms with Gasteiger partial charge in [0.1, 0.15) is 0 Å². The molecule has 1 heteroatoms. The van der Waals surface area contributed by atoms with Crippen LogP contribution in [0.2, 0.25) is 0 Å². The Balaban J connectivity index is 2.05. The second-order valence-electron chi connectivity index (χ2n) is 5.35. The molecule has 1 fully saturated rings. The normalized spacial score (nSPS) is 41.9. The highest BCUT2D eigenvalue weighted by Crippen LogP contribution is 2.63.